The first kappa shape index (κ1) is 28.4. The van der Waals surface area contributed by atoms with Crippen LogP contribution in [0.5, 0.6) is 5.75 Å². The molecule has 1 heterocycles. The topological polar surface area (TPSA) is 111 Å². The summed E-state index contributed by atoms with van der Waals surface area (Å²) >= 11 is 0. The highest BCUT2D eigenvalue weighted by atomic mass is 19.4. The van der Waals surface area contributed by atoms with Crippen molar-refractivity contribution in [3.8, 4) is 5.75 Å². The van der Waals surface area contributed by atoms with E-state index in [1.165, 1.54) is 31.4 Å². The molecule has 37 heavy (non-hydrogen) atoms. The number of nitrogens with two attached hydrogens (primary N) is 1. The molecule has 2 atom stereocenters. The van der Waals surface area contributed by atoms with Gasteiger partial charge in [-0.15, -0.1) is 0 Å². The van der Waals surface area contributed by atoms with Gasteiger partial charge in [0.15, 0.2) is 0 Å². The van der Waals surface area contributed by atoms with Gasteiger partial charge < -0.3 is 24.2 Å². The lowest BCUT2D eigenvalue weighted by Crippen LogP contribution is -2.70. The van der Waals surface area contributed by atoms with E-state index < -0.39 is 35.5 Å². The molecule has 1 aliphatic rings. The molecular weight excluding hydrogens is 493 g/mol. The number of rotatable bonds is 10. The number of methoxy groups -OCH3 is 1. The smallest absolute Gasteiger partial charge is 0.491 e. The van der Waals surface area contributed by atoms with Crippen LogP contribution in [0.3, 0.4) is 0 Å². The molecule has 0 spiro atoms. The summed E-state index contributed by atoms with van der Waals surface area (Å²) in [4.78, 5) is 26.4. The SMILES string of the molecule is CCCCOC1(c2ccccc2C)CN(C(=O)C(N)(OC(=O)C(F)(F)F)C(O)c2ccc(OC)cc2)C1. The average Bonchev–Trinajstić information content (AvgIpc) is 2.84. The predicted octanol–water partition coefficient (Wildman–Crippen LogP) is 3.35. The fraction of sp³-hybridized carbons (Fsp3) is 0.462. The number of hydrogen-bond donors (Lipinski definition) is 2. The number of aryl methyl sites for hydroxylation is 1. The first-order valence-electron chi connectivity index (χ1n) is 11.8. The van der Waals surface area contributed by atoms with E-state index in [0.29, 0.717) is 12.4 Å². The van der Waals surface area contributed by atoms with E-state index in [0.717, 1.165) is 28.9 Å². The summed E-state index contributed by atoms with van der Waals surface area (Å²) < 4.78 is 55.0. The van der Waals surface area contributed by atoms with Gasteiger partial charge in [0.1, 0.15) is 17.5 Å². The summed E-state index contributed by atoms with van der Waals surface area (Å²) in [7, 11) is 1.40. The minimum Gasteiger partial charge on any atom is -0.497 e. The molecule has 1 saturated heterocycles. The van der Waals surface area contributed by atoms with Crippen LogP contribution in [-0.2, 0) is 24.7 Å². The highest BCUT2D eigenvalue weighted by molar-refractivity contribution is 5.90. The molecule has 1 aliphatic heterocycles. The maximum atomic E-state index is 13.5. The van der Waals surface area contributed by atoms with Gasteiger partial charge in [-0.3, -0.25) is 10.5 Å². The van der Waals surface area contributed by atoms with Crippen LogP contribution in [0, 0.1) is 6.92 Å². The van der Waals surface area contributed by atoms with Gasteiger partial charge in [-0.1, -0.05) is 49.7 Å². The highest BCUT2D eigenvalue weighted by Crippen LogP contribution is 2.41. The normalized spacial score (nSPS) is 17.4. The molecule has 2 aromatic rings. The number of halogens is 3. The van der Waals surface area contributed by atoms with Crippen molar-refractivity contribution in [3.63, 3.8) is 0 Å². The van der Waals surface area contributed by atoms with Crippen LogP contribution in [0.4, 0.5) is 13.2 Å². The Labute approximate surface area is 213 Å². The number of carbonyl (C=O) groups excluding carboxylic acids is 2. The number of carbonyl (C=O) groups is 2. The summed E-state index contributed by atoms with van der Waals surface area (Å²) in [5.41, 5.74) is 3.73. The van der Waals surface area contributed by atoms with E-state index in [1.807, 2.05) is 38.1 Å². The highest BCUT2D eigenvalue weighted by Gasteiger charge is 2.58. The van der Waals surface area contributed by atoms with E-state index in [4.69, 9.17) is 15.2 Å². The van der Waals surface area contributed by atoms with Gasteiger partial charge in [-0.25, -0.2) is 4.79 Å². The number of aliphatic hydroxyl groups is 1. The van der Waals surface area contributed by atoms with Gasteiger partial charge in [0, 0.05) is 6.61 Å². The van der Waals surface area contributed by atoms with E-state index in [1.54, 1.807) is 0 Å². The number of unbranched alkanes of at least 4 members (excludes halogenated alkanes) is 1. The average molecular weight is 525 g/mol. The van der Waals surface area contributed by atoms with Gasteiger partial charge in [0.2, 0.25) is 0 Å². The maximum absolute atomic E-state index is 13.5. The Kier molecular flexibility index (Phi) is 8.51. The minimum absolute atomic E-state index is 0.0449. The molecule has 202 valence electrons. The zero-order valence-corrected chi connectivity index (χ0v) is 20.9. The lowest BCUT2D eigenvalue weighted by Gasteiger charge is -2.52. The zero-order valence-electron chi connectivity index (χ0n) is 20.9. The Morgan fingerprint density at radius 1 is 1.14 bits per heavy atom. The Morgan fingerprint density at radius 3 is 2.30 bits per heavy atom. The van der Waals surface area contributed by atoms with Crippen molar-refractivity contribution in [1.82, 2.24) is 4.90 Å². The van der Waals surface area contributed by atoms with Gasteiger partial charge in [0.25, 0.3) is 11.6 Å². The number of ether oxygens (including phenoxy) is 3. The number of likely N-dealkylation sites (tertiary alicyclic amines) is 1. The minimum atomic E-state index is -5.44. The Morgan fingerprint density at radius 2 is 1.76 bits per heavy atom. The molecule has 3 rings (SSSR count). The second-order valence-electron chi connectivity index (χ2n) is 9.03. The number of benzene rings is 2. The van der Waals surface area contributed by atoms with Crippen molar-refractivity contribution in [2.75, 3.05) is 26.8 Å². The second-order valence-corrected chi connectivity index (χ2v) is 9.03. The summed E-state index contributed by atoms with van der Waals surface area (Å²) in [6.07, 6.45) is -5.90. The first-order chi connectivity index (χ1) is 17.4. The van der Waals surface area contributed by atoms with Crippen LogP contribution in [0.1, 0.15) is 42.6 Å². The molecule has 0 radical (unpaired) electrons. The number of hydrogen-bond acceptors (Lipinski definition) is 7. The monoisotopic (exact) mass is 524 g/mol. The maximum Gasteiger partial charge on any atom is 0.491 e. The Hall–Kier alpha value is -3.15. The summed E-state index contributed by atoms with van der Waals surface area (Å²) in [5, 5.41) is 10.9. The van der Waals surface area contributed by atoms with Gasteiger partial charge in [0.05, 0.1) is 20.2 Å². The van der Waals surface area contributed by atoms with E-state index in [9.17, 15) is 27.9 Å². The molecule has 0 bridgehead atoms. The van der Waals surface area contributed by atoms with Crippen molar-refractivity contribution in [2.45, 2.75) is 50.3 Å². The molecule has 0 aromatic heterocycles. The van der Waals surface area contributed by atoms with Crippen LogP contribution in [0.15, 0.2) is 48.5 Å². The van der Waals surface area contributed by atoms with Crippen LogP contribution in [0.25, 0.3) is 0 Å². The molecule has 1 amide bonds. The predicted molar refractivity (Wildman–Crippen MR) is 127 cm³/mol. The standard InChI is InChI=1S/C26H31F3N2O6/c1-4-5-14-36-24(20-9-7-6-8-17(20)2)15-31(16-24)22(33)25(30,37-23(34)26(27,28)29)21(32)18-10-12-19(35-3)13-11-18/h6-13,21,32H,4-5,14-16,30H2,1-3H3. The molecular formula is C26H31F3N2O6. The number of esters is 1. The molecule has 2 aromatic carbocycles. The van der Waals surface area contributed by atoms with Gasteiger partial charge in [-0.05, 0) is 42.2 Å². The molecule has 2 unspecified atom stereocenters. The molecule has 11 heteroatoms. The van der Waals surface area contributed by atoms with E-state index in [2.05, 4.69) is 4.74 Å². The third kappa shape index (κ3) is 5.89. The Bertz CT molecular complexity index is 1100. The Balaban J connectivity index is 1.93. The fourth-order valence-corrected chi connectivity index (χ4v) is 4.26. The summed E-state index contributed by atoms with van der Waals surface area (Å²) in [5.74, 6) is -3.48. The molecule has 1 fully saturated rings. The van der Waals surface area contributed by atoms with Gasteiger partial charge in [-0.2, -0.15) is 13.2 Å². The number of amides is 1. The van der Waals surface area contributed by atoms with Crippen LogP contribution < -0.4 is 10.5 Å². The molecule has 8 nitrogen and oxygen atoms in total. The van der Waals surface area contributed by atoms with Crippen LogP contribution >= 0.6 is 0 Å². The largest absolute Gasteiger partial charge is 0.497 e. The van der Waals surface area contributed by atoms with Crippen molar-refractivity contribution in [1.29, 1.82) is 0 Å². The lowest BCUT2D eigenvalue weighted by atomic mass is 9.82. The number of alkyl halides is 3. The van der Waals surface area contributed by atoms with Crippen LogP contribution in [0.2, 0.25) is 0 Å². The van der Waals surface area contributed by atoms with E-state index in [-0.39, 0.29) is 18.7 Å². The van der Waals surface area contributed by atoms with Crippen LogP contribution in [-0.4, -0.2) is 60.6 Å². The summed E-state index contributed by atoms with van der Waals surface area (Å²) in [6, 6.07) is 12.9. The van der Waals surface area contributed by atoms with Crippen molar-refractivity contribution >= 4 is 11.9 Å². The first-order valence-corrected chi connectivity index (χ1v) is 11.8. The molecule has 0 aliphatic carbocycles. The zero-order chi connectivity index (χ0) is 27.4. The van der Waals surface area contributed by atoms with Crippen molar-refractivity contribution < 1.29 is 42.1 Å². The number of nitrogens with zero attached hydrogens (tertiary/aromatic N) is 1. The lowest BCUT2D eigenvalue weighted by molar-refractivity contribution is -0.231. The number of aliphatic hydroxyl groups excluding tert-OH is 1. The van der Waals surface area contributed by atoms with E-state index >= 15 is 0 Å². The quantitative estimate of drug-likeness (QED) is 0.279. The van der Waals surface area contributed by atoms with Crippen molar-refractivity contribution in [3.05, 3.63) is 65.2 Å². The van der Waals surface area contributed by atoms with Crippen molar-refractivity contribution in [2.24, 2.45) is 5.73 Å². The molecule has 0 saturated carbocycles. The fourth-order valence-electron chi connectivity index (χ4n) is 4.26. The third-order valence-corrected chi connectivity index (χ3v) is 6.36. The third-order valence-electron chi connectivity index (χ3n) is 6.36. The van der Waals surface area contributed by atoms with Gasteiger partial charge >= 0.3 is 12.1 Å². The molecule has 3 N–H and O–H groups in total. The summed E-state index contributed by atoms with van der Waals surface area (Å²) in [6.45, 7) is 4.17. The second kappa shape index (κ2) is 11.1.